The van der Waals surface area contributed by atoms with Crippen molar-refractivity contribution in [2.75, 3.05) is 0 Å². The van der Waals surface area contributed by atoms with Crippen LogP contribution in [0.15, 0.2) is 22.8 Å². The summed E-state index contributed by atoms with van der Waals surface area (Å²) >= 11 is 3.36. The van der Waals surface area contributed by atoms with Gasteiger partial charge in [-0.1, -0.05) is 15.9 Å². The number of hydrogen-bond acceptors (Lipinski definition) is 2. The lowest BCUT2D eigenvalue weighted by atomic mass is 10.1. The molecule has 0 aliphatic heterocycles. The number of aromatic nitrogens is 1. The van der Waals surface area contributed by atoms with Crippen LogP contribution in [0.5, 0.6) is 0 Å². The van der Waals surface area contributed by atoms with E-state index in [0.717, 1.165) is 10.0 Å². The van der Waals surface area contributed by atoms with Gasteiger partial charge in [-0.05, 0) is 24.6 Å². The molecule has 5 heteroatoms. The third-order valence-electron chi connectivity index (χ3n) is 2.65. The van der Waals surface area contributed by atoms with E-state index in [4.69, 9.17) is 5.11 Å². The number of carbonyl (C=O) groups is 2. The molecule has 2 rings (SSSR count). The van der Waals surface area contributed by atoms with E-state index in [9.17, 15) is 9.59 Å². The molecular formula is C12H10BrNO3. The summed E-state index contributed by atoms with van der Waals surface area (Å²) in [6, 6.07) is 3.53. The van der Waals surface area contributed by atoms with Gasteiger partial charge in [-0.25, -0.2) is 4.79 Å². The molecule has 2 aromatic rings. The highest BCUT2D eigenvalue weighted by molar-refractivity contribution is 9.10. The van der Waals surface area contributed by atoms with Crippen LogP contribution in [0.2, 0.25) is 0 Å². The molecule has 1 aromatic carbocycles. The Bertz CT molecular complexity index is 589. The number of benzene rings is 1. The van der Waals surface area contributed by atoms with Crippen LogP contribution < -0.4 is 0 Å². The minimum Gasteiger partial charge on any atom is -0.478 e. The zero-order chi connectivity index (χ0) is 12.7. The van der Waals surface area contributed by atoms with Gasteiger partial charge in [0.2, 0.25) is 5.91 Å². The van der Waals surface area contributed by atoms with E-state index in [-0.39, 0.29) is 11.5 Å². The Labute approximate surface area is 106 Å². The van der Waals surface area contributed by atoms with Gasteiger partial charge < -0.3 is 5.11 Å². The summed E-state index contributed by atoms with van der Waals surface area (Å²) in [5.74, 6) is -1.24. The average molecular weight is 296 g/mol. The lowest BCUT2D eigenvalue weighted by Crippen LogP contribution is -2.03. The molecule has 4 nitrogen and oxygen atoms in total. The average Bonchev–Trinajstić information content (AvgIpc) is 2.57. The van der Waals surface area contributed by atoms with Crippen LogP contribution in [0, 0.1) is 6.92 Å². The van der Waals surface area contributed by atoms with Gasteiger partial charge >= 0.3 is 5.97 Å². The fraction of sp³-hybridized carbons (Fsp3) is 0.167. The number of rotatable bonds is 1. The molecule has 0 saturated carbocycles. The van der Waals surface area contributed by atoms with E-state index in [1.54, 1.807) is 12.1 Å². The lowest BCUT2D eigenvalue weighted by Gasteiger charge is -2.02. The van der Waals surface area contributed by atoms with Crippen LogP contribution >= 0.6 is 15.9 Å². The van der Waals surface area contributed by atoms with E-state index in [1.165, 1.54) is 17.7 Å². The van der Waals surface area contributed by atoms with Crippen LogP contribution in [0.3, 0.4) is 0 Å². The van der Waals surface area contributed by atoms with E-state index < -0.39 is 5.97 Å². The van der Waals surface area contributed by atoms with Gasteiger partial charge in [0, 0.05) is 23.0 Å². The van der Waals surface area contributed by atoms with E-state index in [1.807, 2.05) is 6.92 Å². The topological polar surface area (TPSA) is 59.3 Å². The summed E-state index contributed by atoms with van der Waals surface area (Å²) in [5.41, 5.74) is 1.71. The summed E-state index contributed by atoms with van der Waals surface area (Å²) in [5, 5.41) is 9.66. The first-order valence-electron chi connectivity index (χ1n) is 4.97. The zero-order valence-corrected chi connectivity index (χ0v) is 10.9. The van der Waals surface area contributed by atoms with Crippen LogP contribution in [0.25, 0.3) is 10.9 Å². The molecule has 0 unspecified atom stereocenters. The quantitative estimate of drug-likeness (QED) is 0.879. The van der Waals surface area contributed by atoms with Gasteiger partial charge in [-0.2, -0.15) is 0 Å². The van der Waals surface area contributed by atoms with Gasteiger partial charge in [0.15, 0.2) is 0 Å². The molecule has 88 valence electrons. The molecule has 1 N–H and O–H groups in total. The molecule has 0 aliphatic carbocycles. The monoisotopic (exact) mass is 295 g/mol. The predicted octanol–water partition coefficient (Wildman–Crippen LogP) is 3.07. The van der Waals surface area contributed by atoms with Crippen molar-refractivity contribution in [3.63, 3.8) is 0 Å². The highest BCUT2D eigenvalue weighted by Gasteiger charge is 2.17. The second-order valence-electron chi connectivity index (χ2n) is 3.86. The third-order valence-corrected chi connectivity index (χ3v) is 3.51. The Morgan fingerprint density at radius 3 is 2.53 bits per heavy atom. The largest absolute Gasteiger partial charge is 0.478 e. The normalized spacial score (nSPS) is 10.8. The molecule has 0 saturated heterocycles. The molecule has 17 heavy (non-hydrogen) atoms. The van der Waals surface area contributed by atoms with Crippen molar-refractivity contribution in [1.29, 1.82) is 0 Å². The maximum atomic E-state index is 11.4. The van der Waals surface area contributed by atoms with Gasteiger partial charge in [0.05, 0.1) is 11.1 Å². The second kappa shape index (κ2) is 4.00. The summed E-state index contributed by atoms with van der Waals surface area (Å²) in [6.07, 6.45) is 1.36. The highest BCUT2D eigenvalue weighted by atomic mass is 79.9. The predicted molar refractivity (Wildman–Crippen MR) is 67.6 cm³/mol. The first-order chi connectivity index (χ1) is 7.91. The molecule has 0 bridgehead atoms. The number of aromatic carboxylic acids is 1. The number of carbonyl (C=O) groups excluding carboxylic acids is 1. The third kappa shape index (κ3) is 1.86. The standard InChI is InChI=1S/C12H10BrNO3/c1-6-3-11-8(4-10(6)13)9(12(16)17)5-14(11)7(2)15/h3-5H,1-2H3,(H,16,17). The fourth-order valence-electron chi connectivity index (χ4n) is 1.78. The van der Waals surface area contributed by atoms with Crippen molar-refractivity contribution in [3.05, 3.63) is 33.9 Å². The SMILES string of the molecule is CC(=O)n1cc(C(=O)O)c2cc(Br)c(C)cc21. The van der Waals surface area contributed by atoms with Crippen molar-refractivity contribution in [2.24, 2.45) is 0 Å². The fourth-order valence-corrected chi connectivity index (χ4v) is 2.12. The molecule has 0 aliphatic rings. The number of carboxylic acid groups (broad SMARTS) is 1. The van der Waals surface area contributed by atoms with Gasteiger partial charge in [-0.15, -0.1) is 0 Å². The Balaban J connectivity index is 2.91. The van der Waals surface area contributed by atoms with Crippen molar-refractivity contribution >= 4 is 38.7 Å². The number of halogens is 1. The summed E-state index contributed by atoms with van der Waals surface area (Å²) in [7, 11) is 0. The molecule has 1 aromatic heterocycles. The number of hydrogen-bond donors (Lipinski definition) is 1. The van der Waals surface area contributed by atoms with E-state index in [0.29, 0.717) is 10.9 Å². The van der Waals surface area contributed by atoms with Crippen molar-refractivity contribution in [2.45, 2.75) is 13.8 Å². The highest BCUT2D eigenvalue weighted by Crippen LogP contribution is 2.28. The van der Waals surface area contributed by atoms with Crippen molar-refractivity contribution in [1.82, 2.24) is 4.57 Å². The lowest BCUT2D eigenvalue weighted by molar-refractivity contribution is 0.0699. The Morgan fingerprint density at radius 2 is 2.00 bits per heavy atom. The van der Waals surface area contributed by atoms with Crippen LogP contribution in [0.4, 0.5) is 0 Å². The number of fused-ring (bicyclic) bond motifs is 1. The molecule has 0 atom stereocenters. The summed E-state index contributed by atoms with van der Waals surface area (Å²) in [6.45, 7) is 3.30. The minimum absolute atomic E-state index is 0.135. The molecule has 1 heterocycles. The molecule has 0 fully saturated rings. The molecular weight excluding hydrogens is 286 g/mol. The van der Waals surface area contributed by atoms with Crippen LogP contribution in [-0.4, -0.2) is 21.6 Å². The van der Waals surface area contributed by atoms with Crippen LogP contribution in [-0.2, 0) is 0 Å². The Kier molecular flexibility index (Phi) is 2.79. The minimum atomic E-state index is -1.04. The van der Waals surface area contributed by atoms with E-state index in [2.05, 4.69) is 15.9 Å². The first kappa shape index (κ1) is 11.9. The first-order valence-corrected chi connectivity index (χ1v) is 5.76. The number of nitrogens with zero attached hydrogens (tertiary/aromatic N) is 1. The molecule has 0 spiro atoms. The van der Waals surface area contributed by atoms with Gasteiger partial charge in [-0.3, -0.25) is 9.36 Å². The van der Waals surface area contributed by atoms with Gasteiger partial charge in [0.1, 0.15) is 0 Å². The zero-order valence-electron chi connectivity index (χ0n) is 9.32. The number of carboxylic acids is 1. The van der Waals surface area contributed by atoms with Gasteiger partial charge in [0.25, 0.3) is 0 Å². The Morgan fingerprint density at radius 1 is 1.35 bits per heavy atom. The summed E-state index contributed by atoms with van der Waals surface area (Å²) < 4.78 is 2.19. The van der Waals surface area contributed by atoms with Crippen LogP contribution in [0.1, 0.15) is 27.6 Å². The maximum absolute atomic E-state index is 11.4. The van der Waals surface area contributed by atoms with E-state index >= 15 is 0 Å². The molecule has 0 radical (unpaired) electrons. The summed E-state index contributed by atoms with van der Waals surface area (Å²) in [4.78, 5) is 22.6. The van der Waals surface area contributed by atoms with Crippen molar-refractivity contribution in [3.8, 4) is 0 Å². The van der Waals surface area contributed by atoms with Crippen molar-refractivity contribution < 1.29 is 14.7 Å². The number of aryl methyl sites for hydroxylation is 1. The Hall–Kier alpha value is -1.62. The maximum Gasteiger partial charge on any atom is 0.337 e. The second-order valence-corrected chi connectivity index (χ2v) is 4.71. The molecule has 0 amide bonds. The smallest absolute Gasteiger partial charge is 0.337 e.